The van der Waals surface area contributed by atoms with Crippen molar-refractivity contribution in [3.8, 4) is 0 Å². The van der Waals surface area contributed by atoms with Gasteiger partial charge >= 0.3 is 6.18 Å². The van der Waals surface area contributed by atoms with Crippen molar-refractivity contribution in [3.63, 3.8) is 0 Å². The van der Waals surface area contributed by atoms with Crippen LogP contribution in [0.5, 0.6) is 0 Å². The fraction of sp³-hybridized carbons (Fsp3) is 0.300. The van der Waals surface area contributed by atoms with Gasteiger partial charge in [0.25, 0.3) is 0 Å². The second-order valence-electron chi connectivity index (χ2n) is 9.91. The standard InChI is InChI=1S/C30H30F3N5OS/c1-22-10-12-23(13-11-22)18-27-34-29(40-35-27)38(20-24-6-3-2-4-7-24)21-28(39)37-16-14-36(15-17-37)26-9-5-8-25(19-26)30(31,32)33/h2-13,19H,14-18,20-21H2,1H3. The first kappa shape index (κ1) is 27.6. The van der Waals surface area contributed by atoms with E-state index in [0.29, 0.717) is 55.8 Å². The molecule has 0 spiro atoms. The number of aryl methyl sites for hydroxylation is 1. The van der Waals surface area contributed by atoms with E-state index in [9.17, 15) is 18.0 Å². The van der Waals surface area contributed by atoms with E-state index in [4.69, 9.17) is 4.98 Å². The molecule has 40 heavy (non-hydrogen) atoms. The van der Waals surface area contributed by atoms with Gasteiger partial charge in [0, 0.05) is 56.4 Å². The van der Waals surface area contributed by atoms with Crippen molar-refractivity contribution in [1.82, 2.24) is 14.3 Å². The lowest BCUT2D eigenvalue weighted by Gasteiger charge is -2.37. The van der Waals surface area contributed by atoms with Crippen LogP contribution in [0.15, 0.2) is 78.9 Å². The molecule has 5 rings (SSSR count). The van der Waals surface area contributed by atoms with Crippen LogP contribution in [0.4, 0.5) is 24.0 Å². The molecule has 1 aromatic heterocycles. The molecule has 0 N–H and O–H groups in total. The number of hydrogen-bond donors (Lipinski definition) is 0. The van der Waals surface area contributed by atoms with Crippen molar-refractivity contribution >= 4 is 28.3 Å². The van der Waals surface area contributed by atoms with Crippen molar-refractivity contribution in [2.24, 2.45) is 0 Å². The van der Waals surface area contributed by atoms with Crippen molar-refractivity contribution in [2.45, 2.75) is 26.1 Å². The minimum Gasteiger partial charge on any atom is -0.368 e. The van der Waals surface area contributed by atoms with Crippen LogP contribution in [0, 0.1) is 6.92 Å². The summed E-state index contributed by atoms with van der Waals surface area (Å²) >= 11 is 1.28. The number of carbonyl (C=O) groups is 1. The zero-order valence-electron chi connectivity index (χ0n) is 22.1. The summed E-state index contributed by atoms with van der Waals surface area (Å²) in [5.41, 5.74) is 3.22. The highest BCUT2D eigenvalue weighted by molar-refractivity contribution is 7.09. The fourth-order valence-corrected chi connectivity index (χ4v) is 5.37. The Kier molecular flexibility index (Phi) is 8.35. The maximum Gasteiger partial charge on any atom is 0.416 e. The Morgan fingerprint density at radius 3 is 2.35 bits per heavy atom. The second kappa shape index (κ2) is 12.1. The van der Waals surface area contributed by atoms with Crippen LogP contribution in [0.25, 0.3) is 0 Å². The number of nitrogens with zero attached hydrogens (tertiary/aromatic N) is 5. The Bertz CT molecular complexity index is 1420. The maximum atomic E-state index is 13.4. The summed E-state index contributed by atoms with van der Waals surface area (Å²) in [6.45, 7) is 4.49. The number of carbonyl (C=O) groups excluding carboxylic acids is 1. The topological polar surface area (TPSA) is 52.6 Å². The van der Waals surface area contributed by atoms with E-state index < -0.39 is 11.7 Å². The number of piperazine rings is 1. The number of rotatable bonds is 8. The van der Waals surface area contributed by atoms with E-state index in [-0.39, 0.29) is 12.5 Å². The van der Waals surface area contributed by atoms with Gasteiger partial charge in [-0.2, -0.15) is 17.5 Å². The summed E-state index contributed by atoms with van der Waals surface area (Å²) in [5.74, 6) is 0.666. The third-order valence-corrected chi connectivity index (χ3v) is 7.74. The molecule has 208 valence electrons. The molecule has 1 amide bonds. The molecule has 1 saturated heterocycles. The lowest BCUT2D eigenvalue weighted by atomic mass is 10.1. The molecule has 4 aromatic rings. The molecule has 6 nitrogen and oxygen atoms in total. The number of hydrogen-bond acceptors (Lipinski definition) is 6. The summed E-state index contributed by atoms with van der Waals surface area (Å²) < 4.78 is 44.0. The zero-order valence-corrected chi connectivity index (χ0v) is 23.0. The average molecular weight is 566 g/mol. The van der Waals surface area contributed by atoms with Crippen molar-refractivity contribution in [2.75, 3.05) is 42.5 Å². The summed E-state index contributed by atoms with van der Waals surface area (Å²) in [4.78, 5) is 23.8. The van der Waals surface area contributed by atoms with E-state index in [1.54, 1.807) is 11.0 Å². The molecule has 2 heterocycles. The molecular weight excluding hydrogens is 535 g/mol. The SMILES string of the molecule is Cc1ccc(Cc2nsc(N(CC(=O)N3CCN(c4cccc(C(F)(F)F)c4)CC3)Cc3ccccc3)n2)cc1. The smallest absolute Gasteiger partial charge is 0.368 e. The molecule has 1 aliphatic heterocycles. The number of halogens is 3. The molecule has 0 bridgehead atoms. The Hall–Kier alpha value is -3.92. The first-order valence-corrected chi connectivity index (χ1v) is 13.9. The molecule has 3 aromatic carbocycles. The predicted molar refractivity (Wildman–Crippen MR) is 152 cm³/mol. The zero-order chi connectivity index (χ0) is 28.1. The highest BCUT2D eigenvalue weighted by Gasteiger charge is 2.31. The normalized spacial score (nSPS) is 13.9. The largest absolute Gasteiger partial charge is 0.416 e. The van der Waals surface area contributed by atoms with Gasteiger partial charge in [-0.15, -0.1) is 0 Å². The van der Waals surface area contributed by atoms with Gasteiger partial charge in [-0.1, -0.05) is 66.2 Å². The third-order valence-electron chi connectivity index (χ3n) is 6.92. The van der Waals surface area contributed by atoms with Crippen molar-refractivity contribution in [1.29, 1.82) is 0 Å². The van der Waals surface area contributed by atoms with E-state index in [0.717, 1.165) is 17.2 Å². The molecule has 0 saturated carbocycles. The van der Waals surface area contributed by atoms with Gasteiger partial charge < -0.3 is 14.7 Å². The number of aromatic nitrogens is 2. The molecule has 0 unspecified atom stereocenters. The predicted octanol–water partition coefficient (Wildman–Crippen LogP) is 5.81. The van der Waals surface area contributed by atoms with E-state index in [1.165, 1.54) is 29.2 Å². The number of amides is 1. The Labute approximate surface area is 235 Å². The molecule has 0 radical (unpaired) electrons. The highest BCUT2D eigenvalue weighted by atomic mass is 32.1. The van der Waals surface area contributed by atoms with Crippen molar-refractivity contribution < 1.29 is 18.0 Å². The van der Waals surface area contributed by atoms with Gasteiger partial charge in [0.2, 0.25) is 11.0 Å². The Morgan fingerprint density at radius 1 is 0.925 bits per heavy atom. The Morgan fingerprint density at radius 2 is 1.65 bits per heavy atom. The molecule has 0 aliphatic carbocycles. The lowest BCUT2D eigenvalue weighted by Crippen LogP contribution is -2.51. The summed E-state index contributed by atoms with van der Waals surface area (Å²) in [6.07, 6.45) is -3.78. The fourth-order valence-electron chi connectivity index (χ4n) is 4.68. The summed E-state index contributed by atoms with van der Waals surface area (Å²) in [7, 11) is 0. The molecule has 1 fully saturated rings. The Balaban J connectivity index is 1.25. The monoisotopic (exact) mass is 565 g/mol. The highest BCUT2D eigenvalue weighted by Crippen LogP contribution is 2.32. The van der Waals surface area contributed by atoms with Gasteiger partial charge in [-0.25, -0.2) is 4.98 Å². The maximum absolute atomic E-state index is 13.4. The van der Waals surface area contributed by atoms with Crippen LogP contribution in [0.3, 0.4) is 0 Å². The van der Waals surface area contributed by atoms with Crippen LogP contribution in [0.2, 0.25) is 0 Å². The summed E-state index contributed by atoms with van der Waals surface area (Å²) in [6, 6.07) is 23.5. The van der Waals surface area contributed by atoms with Crippen LogP contribution in [-0.4, -0.2) is 52.9 Å². The first-order valence-electron chi connectivity index (χ1n) is 13.1. The molecular formula is C30H30F3N5OS. The second-order valence-corrected chi connectivity index (χ2v) is 10.6. The first-order chi connectivity index (χ1) is 19.2. The minimum atomic E-state index is -4.39. The number of benzene rings is 3. The van der Waals surface area contributed by atoms with Crippen LogP contribution in [0.1, 0.15) is 28.1 Å². The van der Waals surface area contributed by atoms with Crippen molar-refractivity contribution in [3.05, 3.63) is 107 Å². The average Bonchev–Trinajstić information content (AvgIpc) is 3.42. The van der Waals surface area contributed by atoms with Crippen LogP contribution >= 0.6 is 11.5 Å². The quantitative estimate of drug-likeness (QED) is 0.270. The van der Waals surface area contributed by atoms with E-state index >= 15 is 0 Å². The third kappa shape index (κ3) is 6.98. The van der Waals surface area contributed by atoms with Gasteiger partial charge in [-0.05, 0) is 36.2 Å². The number of anilines is 2. The molecule has 0 atom stereocenters. The molecule has 10 heteroatoms. The van der Waals surface area contributed by atoms with Crippen LogP contribution in [-0.2, 0) is 23.9 Å². The van der Waals surface area contributed by atoms with Gasteiger partial charge in [0.1, 0.15) is 5.82 Å². The van der Waals surface area contributed by atoms with Crippen LogP contribution < -0.4 is 9.80 Å². The van der Waals surface area contributed by atoms with Gasteiger partial charge in [0.15, 0.2) is 0 Å². The molecule has 1 aliphatic rings. The van der Waals surface area contributed by atoms with Gasteiger partial charge in [0.05, 0.1) is 12.1 Å². The summed E-state index contributed by atoms with van der Waals surface area (Å²) in [5, 5.41) is 0.682. The van der Waals surface area contributed by atoms with E-state index in [2.05, 4.69) is 28.6 Å². The van der Waals surface area contributed by atoms with Gasteiger partial charge in [-0.3, -0.25) is 4.79 Å². The lowest BCUT2D eigenvalue weighted by molar-refractivity contribution is -0.137. The van der Waals surface area contributed by atoms with E-state index in [1.807, 2.05) is 47.1 Å². The minimum absolute atomic E-state index is 0.0464. The number of alkyl halides is 3.